The van der Waals surface area contributed by atoms with Crippen LogP contribution in [0.5, 0.6) is 0 Å². The lowest BCUT2D eigenvalue weighted by molar-refractivity contribution is -0.137. The molecule has 1 rings (SSSR count). The van der Waals surface area contributed by atoms with E-state index < -0.39 is 23.1 Å². The van der Waals surface area contributed by atoms with Gasteiger partial charge in [-0.2, -0.15) is 13.2 Å². The maximum Gasteiger partial charge on any atom is 0.416 e. The van der Waals surface area contributed by atoms with Gasteiger partial charge < -0.3 is 10.4 Å². The lowest BCUT2D eigenvalue weighted by atomic mass is 9.99. The summed E-state index contributed by atoms with van der Waals surface area (Å²) in [7, 11) is 0. The Morgan fingerprint density at radius 1 is 1.21 bits per heavy atom. The summed E-state index contributed by atoms with van der Waals surface area (Å²) in [5.74, 6) is -0.922. The van der Waals surface area contributed by atoms with Gasteiger partial charge in [0, 0.05) is 12.1 Å². The van der Waals surface area contributed by atoms with E-state index in [2.05, 4.69) is 5.32 Å². The van der Waals surface area contributed by atoms with Crippen LogP contribution in [0.3, 0.4) is 0 Å². The molecule has 1 unspecified atom stereocenters. The summed E-state index contributed by atoms with van der Waals surface area (Å²) in [6.07, 6.45) is -3.97. The second-order valence-electron chi connectivity index (χ2n) is 4.77. The van der Waals surface area contributed by atoms with Crippen molar-refractivity contribution in [1.82, 2.24) is 5.32 Å². The second kappa shape index (κ2) is 5.88. The number of alkyl halides is 3. The van der Waals surface area contributed by atoms with E-state index in [1.54, 1.807) is 6.92 Å². The van der Waals surface area contributed by atoms with Crippen LogP contribution in [0, 0.1) is 5.82 Å². The minimum atomic E-state index is -4.57. The van der Waals surface area contributed by atoms with E-state index in [1.807, 2.05) is 6.92 Å². The predicted molar refractivity (Wildman–Crippen MR) is 64.0 cm³/mol. The monoisotopic (exact) mass is 279 g/mol. The Morgan fingerprint density at radius 3 is 2.32 bits per heavy atom. The van der Waals surface area contributed by atoms with Gasteiger partial charge in [0.15, 0.2) is 0 Å². The Labute approximate surface area is 109 Å². The average molecular weight is 279 g/mol. The Morgan fingerprint density at radius 2 is 1.84 bits per heavy atom. The van der Waals surface area contributed by atoms with Crippen molar-refractivity contribution in [3.05, 3.63) is 35.1 Å². The third-order valence-electron chi connectivity index (χ3n) is 3.13. The number of aliphatic hydroxyl groups is 1. The van der Waals surface area contributed by atoms with Crippen LogP contribution < -0.4 is 5.32 Å². The van der Waals surface area contributed by atoms with Gasteiger partial charge in [0.2, 0.25) is 0 Å². The first-order valence-corrected chi connectivity index (χ1v) is 5.93. The van der Waals surface area contributed by atoms with Crippen molar-refractivity contribution in [2.75, 3.05) is 6.61 Å². The fourth-order valence-electron chi connectivity index (χ4n) is 1.52. The summed E-state index contributed by atoms with van der Waals surface area (Å²) >= 11 is 0. The molecule has 0 aliphatic heterocycles. The van der Waals surface area contributed by atoms with Gasteiger partial charge in [-0.3, -0.25) is 0 Å². The Hall–Kier alpha value is -1.14. The van der Waals surface area contributed by atoms with Gasteiger partial charge in [0.25, 0.3) is 0 Å². The van der Waals surface area contributed by atoms with Crippen LogP contribution in [0.15, 0.2) is 18.2 Å². The van der Waals surface area contributed by atoms with Crippen molar-refractivity contribution in [3.63, 3.8) is 0 Å². The van der Waals surface area contributed by atoms with Crippen molar-refractivity contribution >= 4 is 0 Å². The Kier molecular flexibility index (Phi) is 4.92. The molecule has 0 amide bonds. The molecule has 1 aromatic rings. The van der Waals surface area contributed by atoms with Gasteiger partial charge in [-0.25, -0.2) is 4.39 Å². The highest BCUT2D eigenvalue weighted by molar-refractivity contribution is 5.26. The van der Waals surface area contributed by atoms with Crippen molar-refractivity contribution in [1.29, 1.82) is 0 Å². The van der Waals surface area contributed by atoms with Gasteiger partial charge in [-0.15, -0.1) is 0 Å². The maximum absolute atomic E-state index is 13.2. The molecule has 19 heavy (non-hydrogen) atoms. The zero-order chi connectivity index (χ0) is 14.7. The van der Waals surface area contributed by atoms with Crippen LogP contribution >= 0.6 is 0 Å². The Balaban J connectivity index is 2.88. The quantitative estimate of drug-likeness (QED) is 0.812. The first-order valence-electron chi connectivity index (χ1n) is 5.93. The van der Waals surface area contributed by atoms with E-state index in [0.717, 1.165) is 12.1 Å². The van der Waals surface area contributed by atoms with E-state index in [-0.39, 0.29) is 18.7 Å². The third-order valence-corrected chi connectivity index (χ3v) is 3.13. The maximum atomic E-state index is 13.2. The molecule has 1 aromatic carbocycles. The molecule has 108 valence electrons. The van der Waals surface area contributed by atoms with E-state index in [4.69, 9.17) is 0 Å². The highest BCUT2D eigenvalue weighted by Crippen LogP contribution is 2.30. The fraction of sp³-hybridized carbons (Fsp3) is 0.538. The number of rotatable bonds is 5. The SMILES string of the molecule is CCC(C)(CO)NCc1cc(F)cc(C(F)(F)F)c1. The molecule has 1 atom stereocenters. The topological polar surface area (TPSA) is 32.3 Å². The first kappa shape index (κ1) is 15.9. The number of benzene rings is 1. The largest absolute Gasteiger partial charge is 0.416 e. The Bertz CT molecular complexity index is 427. The van der Waals surface area contributed by atoms with Crippen LogP contribution in [0.25, 0.3) is 0 Å². The molecule has 0 bridgehead atoms. The van der Waals surface area contributed by atoms with Crippen molar-refractivity contribution in [2.45, 2.75) is 38.5 Å². The molecule has 0 aliphatic carbocycles. The van der Waals surface area contributed by atoms with Crippen LogP contribution in [-0.4, -0.2) is 17.3 Å². The molecule has 0 heterocycles. The first-order chi connectivity index (χ1) is 8.70. The molecule has 0 fully saturated rings. The van der Waals surface area contributed by atoms with Gasteiger partial charge >= 0.3 is 6.18 Å². The highest BCUT2D eigenvalue weighted by Gasteiger charge is 2.31. The number of hydrogen-bond acceptors (Lipinski definition) is 2. The summed E-state index contributed by atoms with van der Waals surface area (Å²) in [6, 6.07) is 2.42. The standard InChI is InChI=1S/C13H17F4NO/c1-3-12(2,8-19)18-7-9-4-10(13(15,16)17)6-11(14)5-9/h4-6,18-19H,3,7-8H2,1-2H3. The predicted octanol–water partition coefficient (Wildman–Crippen LogP) is 3.10. The minimum Gasteiger partial charge on any atom is -0.394 e. The van der Waals surface area contributed by atoms with Crippen molar-refractivity contribution in [2.24, 2.45) is 0 Å². The van der Waals surface area contributed by atoms with Crippen LogP contribution in [0.1, 0.15) is 31.4 Å². The summed E-state index contributed by atoms with van der Waals surface area (Å²) in [4.78, 5) is 0. The number of hydrogen-bond donors (Lipinski definition) is 2. The lowest BCUT2D eigenvalue weighted by Crippen LogP contribution is -2.44. The molecular formula is C13H17F4NO. The molecule has 0 aromatic heterocycles. The molecule has 0 saturated heterocycles. The van der Waals surface area contributed by atoms with Crippen LogP contribution in [-0.2, 0) is 12.7 Å². The summed E-state index contributed by atoms with van der Waals surface area (Å²) in [5.41, 5.74) is -1.41. The molecular weight excluding hydrogens is 262 g/mol. The summed E-state index contributed by atoms with van der Waals surface area (Å²) in [5, 5.41) is 12.1. The molecule has 0 aliphatic rings. The smallest absolute Gasteiger partial charge is 0.394 e. The number of halogens is 4. The van der Waals surface area contributed by atoms with E-state index >= 15 is 0 Å². The van der Waals surface area contributed by atoms with E-state index in [1.165, 1.54) is 0 Å². The van der Waals surface area contributed by atoms with Crippen LogP contribution in [0.4, 0.5) is 17.6 Å². The zero-order valence-electron chi connectivity index (χ0n) is 10.8. The molecule has 6 heteroatoms. The molecule has 0 spiro atoms. The summed E-state index contributed by atoms with van der Waals surface area (Å²) < 4.78 is 50.7. The van der Waals surface area contributed by atoms with Gasteiger partial charge in [0.1, 0.15) is 5.82 Å². The lowest BCUT2D eigenvalue weighted by Gasteiger charge is -2.27. The zero-order valence-corrected chi connectivity index (χ0v) is 10.8. The fourth-order valence-corrected chi connectivity index (χ4v) is 1.52. The molecule has 2 N–H and O–H groups in total. The summed E-state index contributed by atoms with van der Waals surface area (Å²) in [6.45, 7) is 3.50. The number of aliphatic hydroxyl groups excluding tert-OH is 1. The van der Waals surface area contributed by atoms with Crippen molar-refractivity contribution < 1.29 is 22.7 Å². The van der Waals surface area contributed by atoms with E-state index in [0.29, 0.717) is 12.5 Å². The van der Waals surface area contributed by atoms with Crippen LogP contribution in [0.2, 0.25) is 0 Å². The highest BCUT2D eigenvalue weighted by atomic mass is 19.4. The van der Waals surface area contributed by atoms with E-state index in [9.17, 15) is 22.7 Å². The van der Waals surface area contributed by atoms with Gasteiger partial charge in [0.05, 0.1) is 12.2 Å². The van der Waals surface area contributed by atoms with Gasteiger partial charge in [-0.05, 0) is 37.1 Å². The average Bonchev–Trinajstić information content (AvgIpc) is 2.34. The molecule has 0 saturated carbocycles. The molecule has 2 nitrogen and oxygen atoms in total. The second-order valence-corrected chi connectivity index (χ2v) is 4.77. The normalized spacial score (nSPS) is 15.3. The third kappa shape index (κ3) is 4.47. The van der Waals surface area contributed by atoms with Crippen molar-refractivity contribution in [3.8, 4) is 0 Å². The minimum absolute atomic E-state index is 0.0613. The van der Waals surface area contributed by atoms with Gasteiger partial charge in [-0.1, -0.05) is 6.92 Å². The number of nitrogens with one attached hydrogen (secondary N) is 1. The molecule has 0 radical (unpaired) electrons.